The highest BCUT2D eigenvalue weighted by molar-refractivity contribution is 5.83. The molecule has 1 aromatic rings. The highest BCUT2D eigenvalue weighted by atomic mass is 16.2. The molecule has 25 heavy (non-hydrogen) atoms. The minimum absolute atomic E-state index is 0.0698. The number of rotatable bonds is 6. The molecule has 1 atom stereocenters. The van der Waals surface area contributed by atoms with Gasteiger partial charge in [0.05, 0.1) is 5.92 Å². The summed E-state index contributed by atoms with van der Waals surface area (Å²) < 4.78 is 0. The van der Waals surface area contributed by atoms with Gasteiger partial charge in [0.25, 0.3) is 0 Å². The molecule has 1 saturated carbocycles. The molecule has 0 unspecified atom stereocenters. The zero-order valence-electron chi connectivity index (χ0n) is 15.2. The van der Waals surface area contributed by atoms with Crippen LogP contribution >= 0.6 is 0 Å². The highest BCUT2D eigenvalue weighted by Crippen LogP contribution is 2.27. The summed E-state index contributed by atoms with van der Waals surface area (Å²) in [4.78, 5) is 34.0. The molecule has 2 amide bonds. The van der Waals surface area contributed by atoms with Gasteiger partial charge < -0.3 is 15.2 Å². The first-order valence-corrected chi connectivity index (χ1v) is 9.68. The lowest BCUT2D eigenvalue weighted by atomic mass is 9.87. The van der Waals surface area contributed by atoms with Gasteiger partial charge in [-0.3, -0.25) is 9.59 Å². The highest BCUT2D eigenvalue weighted by Gasteiger charge is 2.31. The Morgan fingerprint density at radius 2 is 2.12 bits per heavy atom. The molecule has 2 heterocycles. The summed E-state index contributed by atoms with van der Waals surface area (Å²) in [7, 11) is 0. The van der Waals surface area contributed by atoms with Crippen LogP contribution in [-0.2, 0) is 16.0 Å². The van der Waals surface area contributed by atoms with E-state index in [-0.39, 0.29) is 17.7 Å². The van der Waals surface area contributed by atoms with E-state index in [0.717, 1.165) is 18.1 Å². The van der Waals surface area contributed by atoms with Crippen molar-refractivity contribution in [2.24, 2.45) is 11.8 Å². The second-order valence-electron chi connectivity index (χ2n) is 7.59. The molecule has 2 N–H and O–H groups in total. The molecular formula is C19H30N4O2. The third-order valence-electron chi connectivity index (χ3n) is 5.49. The van der Waals surface area contributed by atoms with E-state index in [4.69, 9.17) is 0 Å². The Morgan fingerprint density at radius 1 is 1.32 bits per heavy atom. The minimum atomic E-state index is -0.0698. The van der Waals surface area contributed by atoms with E-state index in [2.05, 4.69) is 15.3 Å². The molecule has 0 radical (unpaired) electrons. The van der Waals surface area contributed by atoms with Crippen LogP contribution in [0, 0.1) is 18.8 Å². The van der Waals surface area contributed by atoms with Crippen LogP contribution in [0.25, 0.3) is 0 Å². The van der Waals surface area contributed by atoms with Crippen LogP contribution in [0.1, 0.15) is 56.5 Å². The van der Waals surface area contributed by atoms with Crippen molar-refractivity contribution >= 4 is 11.8 Å². The smallest absolute Gasteiger partial charge is 0.224 e. The number of aromatic nitrogens is 2. The SMILES string of the molecule is Cc1cnc(CCNC(=O)[C@@H]2CCC(=O)N(CC3CCCCC3)C2)[nH]1. The Labute approximate surface area is 149 Å². The van der Waals surface area contributed by atoms with Crippen molar-refractivity contribution in [3.8, 4) is 0 Å². The average molecular weight is 346 g/mol. The fraction of sp³-hybridized carbons (Fsp3) is 0.737. The van der Waals surface area contributed by atoms with Gasteiger partial charge in [-0.2, -0.15) is 0 Å². The molecule has 1 aromatic heterocycles. The second kappa shape index (κ2) is 8.50. The summed E-state index contributed by atoms with van der Waals surface area (Å²) in [5.74, 6) is 1.75. The third-order valence-corrected chi connectivity index (χ3v) is 5.49. The van der Waals surface area contributed by atoms with Crippen LogP contribution in [0.15, 0.2) is 6.20 Å². The Hall–Kier alpha value is -1.85. The van der Waals surface area contributed by atoms with Crippen molar-refractivity contribution < 1.29 is 9.59 Å². The van der Waals surface area contributed by atoms with E-state index in [1.165, 1.54) is 32.1 Å². The van der Waals surface area contributed by atoms with Crippen molar-refractivity contribution in [1.29, 1.82) is 0 Å². The van der Waals surface area contributed by atoms with Crippen molar-refractivity contribution in [3.05, 3.63) is 17.7 Å². The molecule has 6 heteroatoms. The summed E-state index contributed by atoms with van der Waals surface area (Å²) in [6.45, 7) is 3.98. The molecule has 3 rings (SSSR count). The quantitative estimate of drug-likeness (QED) is 0.829. The first-order valence-electron chi connectivity index (χ1n) is 9.68. The van der Waals surface area contributed by atoms with E-state index < -0.39 is 0 Å². The number of aromatic amines is 1. The van der Waals surface area contributed by atoms with Gasteiger partial charge in [-0.25, -0.2) is 4.98 Å². The molecule has 0 aromatic carbocycles. The average Bonchev–Trinajstić information content (AvgIpc) is 3.03. The molecule has 1 aliphatic carbocycles. The molecule has 0 bridgehead atoms. The van der Waals surface area contributed by atoms with Crippen molar-refractivity contribution in [1.82, 2.24) is 20.2 Å². The Balaban J connectivity index is 1.44. The fourth-order valence-corrected chi connectivity index (χ4v) is 4.03. The summed E-state index contributed by atoms with van der Waals surface area (Å²) in [6, 6.07) is 0. The molecule has 138 valence electrons. The van der Waals surface area contributed by atoms with Gasteiger partial charge in [0.15, 0.2) is 0 Å². The molecule has 0 spiro atoms. The maximum absolute atomic E-state index is 12.5. The second-order valence-corrected chi connectivity index (χ2v) is 7.59. The van der Waals surface area contributed by atoms with Gasteiger partial charge in [-0.05, 0) is 32.1 Å². The van der Waals surface area contributed by atoms with Gasteiger partial charge in [0.2, 0.25) is 11.8 Å². The van der Waals surface area contributed by atoms with Gasteiger partial charge in [0.1, 0.15) is 5.82 Å². The topological polar surface area (TPSA) is 78.1 Å². The van der Waals surface area contributed by atoms with Crippen molar-refractivity contribution in [2.75, 3.05) is 19.6 Å². The van der Waals surface area contributed by atoms with Gasteiger partial charge in [-0.15, -0.1) is 0 Å². The van der Waals surface area contributed by atoms with Crippen molar-refractivity contribution in [2.45, 2.75) is 58.3 Å². The third kappa shape index (κ3) is 5.06. The Kier molecular flexibility index (Phi) is 6.10. The van der Waals surface area contributed by atoms with E-state index in [9.17, 15) is 9.59 Å². The summed E-state index contributed by atoms with van der Waals surface area (Å²) in [5.41, 5.74) is 1.03. The lowest BCUT2D eigenvalue weighted by molar-refractivity contribution is -0.139. The normalized spacial score (nSPS) is 22.2. The van der Waals surface area contributed by atoms with Crippen LogP contribution in [-0.4, -0.2) is 46.3 Å². The van der Waals surface area contributed by atoms with E-state index in [1.807, 2.05) is 11.8 Å². The number of carbonyl (C=O) groups is 2. The number of aryl methyl sites for hydroxylation is 1. The minimum Gasteiger partial charge on any atom is -0.355 e. The molecule has 2 aliphatic rings. The maximum atomic E-state index is 12.5. The van der Waals surface area contributed by atoms with Gasteiger partial charge >= 0.3 is 0 Å². The number of imidazole rings is 1. The van der Waals surface area contributed by atoms with E-state index in [1.54, 1.807) is 6.20 Å². The first-order chi connectivity index (χ1) is 12.1. The van der Waals surface area contributed by atoms with Crippen LogP contribution < -0.4 is 5.32 Å². The number of hydrogen-bond donors (Lipinski definition) is 2. The summed E-state index contributed by atoms with van der Waals surface area (Å²) in [5, 5.41) is 3.01. The van der Waals surface area contributed by atoms with Crippen molar-refractivity contribution in [3.63, 3.8) is 0 Å². The lowest BCUT2D eigenvalue weighted by Gasteiger charge is -2.35. The molecule has 1 saturated heterocycles. The number of H-pyrrole nitrogens is 1. The molecule has 6 nitrogen and oxygen atoms in total. The standard InChI is InChI=1S/C19H30N4O2/c1-14-11-21-17(22-14)9-10-20-19(25)16-7-8-18(24)23(13-16)12-15-5-3-2-4-6-15/h11,15-16H,2-10,12-13H2,1H3,(H,20,25)(H,21,22)/t16-/m1/s1. The largest absolute Gasteiger partial charge is 0.355 e. The Morgan fingerprint density at radius 3 is 2.84 bits per heavy atom. The summed E-state index contributed by atoms with van der Waals surface area (Å²) >= 11 is 0. The van der Waals surface area contributed by atoms with Crippen LogP contribution in [0.3, 0.4) is 0 Å². The van der Waals surface area contributed by atoms with Crippen LogP contribution in [0.4, 0.5) is 0 Å². The zero-order chi connectivity index (χ0) is 17.6. The first kappa shape index (κ1) is 18.0. The number of nitrogens with zero attached hydrogens (tertiary/aromatic N) is 2. The predicted octanol–water partition coefficient (Wildman–Crippen LogP) is 2.20. The molecule has 1 aliphatic heterocycles. The number of nitrogens with one attached hydrogen (secondary N) is 2. The van der Waals surface area contributed by atoms with Crippen LogP contribution in [0.5, 0.6) is 0 Å². The number of likely N-dealkylation sites (tertiary alicyclic amines) is 1. The number of hydrogen-bond acceptors (Lipinski definition) is 3. The van der Waals surface area contributed by atoms with Crippen LogP contribution in [0.2, 0.25) is 0 Å². The number of amides is 2. The van der Waals surface area contributed by atoms with E-state index in [0.29, 0.717) is 38.3 Å². The summed E-state index contributed by atoms with van der Waals surface area (Å²) in [6.07, 6.45) is 10.0. The maximum Gasteiger partial charge on any atom is 0.224 e. The predicted molar refractivity (Wildman–Crippen MR) is 95.9 cm³/mol. The zero-order valence-corrected chi connectivity index (χ0v) is 15.2. The van der Waals surface area contributed by atoms with Gasteiger partial charge in [0, 0.05) is 44.4 Å². The monoisotopic (exact) mass is 346 g/mol. The lowest BCUT2D eigenvalue weighted by Crippen LogP contribution is -2.47. The van der Waals surface area contributed by atoms with Gasteiger partial charge in [-0.1, -0.05) is 19.3 Å². The number of piperidine rings is 1. The fourth-order valence-electron chi connectivity index (χ4n) is 4.03. The van der Waals surface area contributed by atoms with E-state index >= 15 is 0 Å². The Bertz CT molecular complexity index is 592. The molecular weight excluding hydrogens is 316 g/mol. The molecule has 2 fully saturated rings. The number of carbonyl (C=O) groups excluding carboxylic acids is 2.